The predicted molar refractivity (Wildman–Crippen MR) is 78.6 cm³/mol. The zero-order chi connectivity index (χ0) is 13.1. The van der Waals surface area contributed by atoms with Crippen LogP contribution in [0.1, 0.15) is 57.1 Å². The van der Waals surface area contributed by atoms with E-state index < -0.39 is 0 Å². The predicted octanol–water partition coefficient (Wildman–Crippen LogP) is 4.26. The summed E-state index contributed by atoms with van der Waals surface area (Å²) in [7, 11) is 0. The Morgan fingerprint density at radius 1 is 1.39 bits per heavy atom. The Balaban J connectivity index is 2.38. The third-order valence-electron chi connectivity index (χ3n) is 3.13. The van der Waals surface area contributed by atoms with Gasteiger partial charge in [0.2, 0.25) is 0 Å². The second-order valence-electron chi connectivity index (χ2n) is 4.72. The molecule has 18 heavy (non-hydrogen) atoms. The van der Waals surface area contributed by atoms with E-state index in [1.807, 2.05) is 24.5 Å². The molecule has 0 saturated carbocycles. The van der Waals surface area contributed by atoms with Crippen LogP contribution in [0.2, 0.25) is 0 Å². The van der Waals surface area contributed by atoms with Crippen LogP contribution in [0.25, 0.3) is 0 Å². The number of nitrogens with one attached hydrogen (secondary N) is 1. The first-order valence-electron chi connectivity index (χ1n) is 7.12. The first-order chi connectivity index (χ1) is 8.88. The molecule has 0 saturated heterocycles. The van der Waals surface area contributed by atoms with E-state index in [0.29, 0.717) is 6.04 Å². The van der Waals surface area contributed by atoms with Crippen LogP contribution in [-0.2, 0) is 0 Å². The molecule has 1 atom stereocenters. The van der Waals surface area contributed by atoms with Crippen molar-refractivity contribution in [1.29, 1.82) is 0 Å². The minimum atomic E-state index is 0.461. The van der Waals surface area contributed by atoms with E-state index in [0.717, 1.165) is 13.0 Å². The Morgan fingerprint density at radius 3 is 2.94 bits per heavy atom. The van der Waals surface area contributed by atoms with Crippen LogP contribution in [-0.4, -0.2) is 11.5 Å². The highest BCUT2D eigenvalue weighted by Gasteiger charge is 2.09. The van der Waals surface area contributed by atoms with Gasteiger partial charge in [0.25, 0.3) is 0 Å². The van der Waals surface area contributed by atoms with Crippen LogP contribution < -0.4 is 5.32 Å². The lowest BCUT2D eigenvalue weighted by atomic mass is 10.0. The van der Waals surface area contributed by atoms with Gasteiger partial charge in [0.05, 0.1) is 0 Å². The number of allylic oxidation sites excluding steroid dienone is 1. The van der Waals surface area contributed by atoms with Gasteiger partial charge in [-0.15, -0.1) is 6.58 Å². The van der Waals surface area contributed by atoms with Gasteiger partial charge in [-0.3, -0.25) is 4.98 Å². The molecular weight excluding hydrogens is 220 g/mol. The molecule has 1 N–H and O–H groups in total. The van der Waals surface area contributed by atoms with E-state index >= 15 is 0 Å². The largest absolute Gasteiger partial charge is 0.310 e. The van der Waals surface area contributed by atoms with Gasteiger partial charge in [-0.2, -0.15) is 0 Å². The lowest BCUT2D eigenvalue weighted by molar-refractivity contribution is 0.471. The molecule has 2 heteroatoms. The minimum absolute atomic E-state index is 0.461. The Labute approximate surface area is 112 Å². The number of hydrogen-bond donors (Lipinski definition) is 1. The summed E-state index contributed by atoms with van der Waals surface area (Å²) in [6.07, 6.45) is 13.2. The standard InChI is InChI=1S/C16H26N2/c1-3-5-6-7-8-11-16(18-12-4-2)15-10-9-13-17-14-15/h3,9-10,13-14,16,18H,1,4-8,11-12H2,2H3. The van der Waals surface area contributed by atoms with E-state index in [1.54, 1.807) is 0 Å². The zero-order valence-electron chi connectivity index (χ0n) is 11.6. The van der Waals surface area contributed by atoms with Gasteiger partial charge >= 0.3 is 0 Å². The SMILES string of the molecule is C=CCCCCCC(NCCC)c1cccnc1. The fourth-order valence-electron chi connectivity index (χ4n) is 2.10. The molecule has 0 aromatic carbocycles. The molecule has 0 bridgehead atoms. The Morgan fingerprint density at radius 2 is 2.28 bits per heavy atom. The van der Waals surface area contributed by atoms with E-state index in [4.69, 9.17) is 0 Å². The van der Waals surface area contributed by atoms with Crippen LogP contribution in [0.4, 0.5) is 0 Å². The average molecular weight is 246 g/mol. The molecule has 0 aliphatic rings. The number of rotatable bonds is 10. The Bertz CT molecular complexity index is 308. The monoisotopic (exact) mass is 246 g/mol. The van der Waals surface area contributed by atoms with Crippen molar-refractivity contribution in [3.8, 4) is 0 Å². The third-order valence-corrected chi connectivity index (χ3v) is 3.13. The first-order valence-corrected chi connectivity index (χ1v) is 7.12. The van der Waals surface area contributed by atoms with Gasteiger partial charge < -0.3 is 5.32 Å². The second kappa shape index (κ2) is 9.84. The molecule has 1 aromatic rings. The van der Waals surface area contributed by atoms with Crippen LogP contribution in [0, 0.1) is 0 Å². The highest BCUT2D eigenvalue weighted by molar-refractivity contribution is 5.13. The number of hydrogen-bond acceptors (Lipinski definition) is 2. The molecule has 100 valence electrons. The van der Waals surface area contributed by atoms with Crippen molar-refractivity contribution in [2.45, 2.75) is 51.5 Å². The highest BCUT2D eigenvalue weighted by Crippen LogP contribution is 2.19. The number of nitrogens with zero attached hydrogens (tertiary/aromatic N) is 1. The maximum absolute atomic E-state index is 4.22. The summed E-state index contributed by atoms with van der Waals surface area (Å²) in [4.78, 5) is 4.22. The number of pyridine rings is 1. The molecule has 1 unspecified atom stereocenters. The number of unbranched alkanes of at least 4 members (excludes halogenated alkanes) is 3. The molecular formula is C16H26N2. The molecule has 0 fully saturated rings. The maximum Gasteiger partial charge on any atom is 0.0335 e. The number of aromatic nitrogens is 1. The average Bonchev–Trinajstić information content (AvgIpc) is 2.43. The molecule has 0 aliphatic heterocycles. The van der Waals surface area contributed by atoms with E-state index in [-0.39, 0.29) is 0 Å². The Hall–Kier alpha value is -1.15. The third kappa shape index (κ3) is 5.97. The van der Waals surface area contributed by atoms with Crippen molar-refractivity contribution in [3.63, 3.8) is 0 Å². The molecule has 0 aliphatic carbocycles. The molecule has 2 nitrogen and oxygen atoms in total. The topological polar surface area (TPSA) is 24.9 Å². The fraction of sp³-hybridized carbons (Fsp3) is 0.562. The van der Waals surface area contributed by atoms with Crippen molar-refractivity contribution in [2.75, 3.05) is 6.54 Å². The highest BCUT2D eigenvalue weighted by atomic mass is 14.9. The van der Waals surface area contributed by atoms with Gasteiger partial charge in [-0.25, -0.2) is 0 Å². The quantitative estimate of drug-likeness (QED) is 0.493. The van der Waals surface area contributed by atoms with Crippen LogP contribution in [0.5, 0.6) is 0 Å². The van der Waals surface area contributed by atoms with E-state index in [2.05, 4.69) is 29.9 Å². The smallest absolute Gasteiger partial charge is 0.0335 e. The van der Waals surface area contributed by atoms with Gasteiger partial charge in [0, 0.05) is 18.4 Å². The first kappa shape index (κ1) is 14.9. The normalized spacial score (nSPS) is 12.3. The summed E-state index contributed by atoms with van der Waals surface area (Å²) in [5.41, 5.74) is 1.31. The fourth-order valence-corrected chi connectivity index (χ4v) is 2.10. The summed E-state index contributed by atoms with van der Waals surface area (Å²) in [5.74, 6) is 0. The lowest BCUT2D eigenvalue weighted by Crippen LogP contribution is -2.22. The molecule has 1 heterocycles. The van der Waals surface area contributed by atoms with E-state index in [1.165, 1.54) is 37.7 Å². The molecule has 0 amide bonds. The van der Waals surface area contributed by atoms with Crippen molar-refractivity contribution in [3.05, 3.63) is 42.7 Å². The Kier molecular flexibility index (Phi) is 8.15. The van der Waals surface area contributed by atoms with Crippen molar-refractivity contribution >= 4 is 0 Å². The summed E-state index contributed by atoms with van der Waals surface area (Å²) < 4.78 is 0. The van der Waals surface area contributed by atoms with Gasteiger partial charge in [0.15, 0.2) is 0 Å². The van der Waals surface area contributed by atoms with Gasteiger partial charge in [-0.05, 0) is 43.9 Å². The molecule has 1 aromatic heterocycles. The lowest BCUT2D eigenvalue weighted by Gasteiger charge is -2.18. The minimum Gasteiger partial charge on any atom is -0.310 e. The molecule has 1 rings (SSSR count). The summed E-state index contributed by atoms with van der Waals surface area (Å²) in [5, 5.41) is 3.62. The summed E-state index contributed by atoms with van der Waals surface area (Å²) in [6.45, 7) is 7.04. The maximum atomic E-state index is 4.22. The van der Waals surface area contributed by atoms with Crippen LogP contribution in [0.3, 0.4) is 0 Å². The van der Waals surface area contributed by atoms with Gasteiger partial charge in [0.1, 0.15) is 0 Å². The van der Waals surface area contributed by atoms with E-state index in [9.17, 15) is 0 Å². The van der Waals surface area contributed by atoms with Crippen LogP contribution in [0.15, 0.2) is 37.2 Å². The van der Waals surface area contributed by atoms with Crippen molar-refractivity contribution in [2.24, 2.45) is 0 Å². The molecule has 0 spiro atoms. The molecule has 0 radical (unpaired) electrons. The van der Waals surface area contributed by atoms with Gasteiger partial charge in [-0.1, -0.05) is 31.9 Å². The van der Waals surface area contributed by atoms with Crippen molar-refractivity contribution in [1.82, 2.24) is 10.3 Å². The zero-order valence-corrected chi connectivity index (χ0v) is 11.6. The summed E-state index contributed by atoms with van der Waals surface area (Å²) in [6, 6.07) is 4.65. The summed E-state index contributed by atoms with van der Waals surface area (Å²) >= 11 is 0. The second-order valence-corrected chi connectivity index (χ2v) is 4.72. The van der Waals surface area contributed by atoms with Crippen molar-refractivity contribution < 1.29 is 0 Å². The van der Waals surface area contributed by atoms with Crippen LogP contribution >= 0.6 is 0 Å².